The molecule has 5 heteroatoms. The molecule has 2 rings (SSSR count). The zero-order valence-corrected chi connectivity index (χ0v) is 14.1. The first-order valence-corrected chi connectivity index (χ1v) is 7.96. The maximum Gasteiger partial charge on any atom is 0.410 e. The first-order chi connectivity index (χ1) is 10.3. The highest BCUT2D eigenvalue weighted by atomic mass is 16.6. The van der Waals surface area contributed by atoms with Crippen molar-refractivity contribution < 1.29 is 18.7 Å². The van der Waals surface area contributed by atoms with Gasteiger partial charge in [0.1, 0.15) is 5.60 Å². The van der Waals surface area contributed by atoms with Crippen LogP contribution < -0.4 is 0 Å². The lowest BCUT2D eigenvalue weighted by molar-refractivity contribution is -0.101. The second kappa shape index (κ2) is 6.73. The summed E-state index contributed by atoms with van der Waals surface area (Å²) in [5.41, 5.74) is 0.246. The van der Waals surface area contributed by atoms with Crippen LogP contribution in [0.5, 0.6) is 0 Å². The third-order valence-corrected chi connectivity index (χ3v) is 3.96. The van der Waals surface area contributed by atoms with E-state index in [1.165, 1.54) is 0 Å². The van der Waals surface area contributed by atoms with Gasteiger partial charge in [0.25, 0.3) is 0 Å². The van der Waals surface area contributed by atoms with Crippen molar-refractivity contribution in [1.82, 2.24) is 4.90 Å². The third kappa shape index (κ3) is 4.50. The van der Waals surface area contributed by atoms with Crippen molar-refractivity contribution in [2.45, 2.75) is 64.8 Å². The molecule has 0 N–H and O–H groups in total. The van der Waals surface area contributed by atoms with Gasteiger partial charge in [0.2, 0.25) is 0 Å². The van der Waals surface area contributed by atoms with Crippen LogP contribution >= 0.6 is 0 Å². The average Bonchev–Trinajstić information content (AvgIpc) is 2.97. The number of hydrogen-bond donors (Lipinski definition) is 0. The van der Waals surface area contributed by atoms with Crippen LogP contribution in [0.3, 0.4) is 0 Å². The number of amides is 1. The van der Waals surface area contributed by atoms with Gasteiger partial charge in [-0.25, -0.2) is 4.79 Å². The van der Waals surface area contributed by atoms with Crippen molar-refractivity contribution in [2.75, 3.05) is 13.1 Å². The highest BCUT2D eigenvalue weighted by molar-refractivity contribution is 5.68. The minimum Gasteiger partial charge on any atom is -0.472 e. The van der Waals surface area contributed by atoms with Crippen LogP contribution in [0.15, 0.2) is 23.0 Å². The Hall–Kier alpha value is -1.49. The summed E-state index contributed by atoms with van der Waals surface area (Å²) in [7, 11) is 0. The standard InChI is InChI=1S/C17H27NO4/c1-5-17(21-12-14-7-10-20-11-14)8-6-9-18(13-17)15(19)22-16(2,3)4/h7,10-11H,5-6,8-9,12-13H2,1-4H3. The minimum absolute atomic E-state index is 0.253. The predicted octanol–water partition coefficient (Wildman–Crippen LogP) is 3.98. The summed E-state index contributed by atoms with van der Waals surface area (Å²) >= 11 is 0. The molecule has 0 aromatic carbocycles. The molecule has 0 saturated carbocycles. The van der Waals surface area contributed by atoms with Crippen molar-refractivity contribution in [2.24, 2.45) is 0 Å². The van der Waals surface area contributed by atoms with Crippen LogP contribution in [-0.4, -0.2) is 35.3 Å². The number of furan rings is 1. The van der Waals surface area contributed by atoms with Crippen LogP contribution in [0.25, 0.3) is 0 Å². The molecule has 2 heterocycles. The van der Waals surface area contributed by atoms with Crippen LogP contribution in [-0.2, 0) is 16.1 Å². The molecule has 1 atom stereocenters. The van der Waals surface area contributed by atoms with Crippen molar-refractivity contribution >= 4 is 6.09 Å². The lowest BCUT2D eigenvalue weighted by Crippen LogP contribution is -2.52. The summed E-state index contributed by atoms with van der Waals surface area (Å²) < 4.78 is 16.7. The molecule has 0 radical (unpaired) electrons. The van der Waals surface area contributed by atoms with Gasteiger partial charge < -0.3 is 18.8 Å². The number of piperidine rings is 1. The number of carbonyl (C=O) groups is 1. The van der Waals surface area contributed by atoms with Crippen molar-refractivity contribution in [3.63, 3.8) is 0 Å². The first-order valence-electron chi connectivity index (χ1n) is 7.96. The van der Waals surface area contributed by atoms with Gasteiger partial charge in [-0.1, -0.05) is 6.92 Å². The molecule has 1 aliphatic heterocycles. The molecule has 22 heavy (non-hydrogen) atoms. The Balaban J connectivity index is 1.97. The van der Waals surface area contributed by atoms with E-state index in [4.69, 9.17) is 13.9 Å². The molecule has 0 bridgehead atoms. The molecule has 1 saturated heterocycles. The van der Waals surface area contributed by atoms with Crippen LogP contribution in [0.4, 0.5) is 4.79 Å². The Morgan fingerprint density at radius 2 is 2.23 bits per heavy atom. The van der Waals surface area contributed by atoms with Crippen molar-refractivity contribution in [3.8, 4) is 0 Å². The number of nitrogens with zero attached hydrogens (tertiary/aromatic N) is 1. The molecule has 124 valence electrons. The topological polar surface area (TPSA) is 51.9 Å². The summed E-state index contributed by atoms with van der Waals surface area (Å²) in [6.45, 7) is 9.58. The largest absolute Gasteiger partial charge is 0.472 e. The van der Waals surface area contributed by atoms with Gasteiger partial charge >= 0.3 is 6.09 Å². The summed E-state index contributed by atoms with van der Waals surface area (Å²) in [5.74, 6) is 0. The summed E-state index contributed by atoms with van der Waals surface area (Å²) in [5, 5.41) is 0. The molecule has 1 amide bonds. The maximum absolute atomic E-state index is 12.3. The van der Waals surface area contributed by atoms with Gasteiger partial charge in [0, 0.05) is 12.1 Å². The zero-order valence-electron chi connectivity index (χ0n) is 14.1. The summed E-state index contributed by atoms with van der Waals surface area (Å²) in [6.07, 6.45) is 5.84. The quantitative estimate of drug-likeness (QED) is 0.844. The smallest absolute Gasteiger partial charge is 0.410 e. The van der Waals surface area contributed by atoms with E-state index in [9.17, 15) is 4.79 Å². The Bertz CT molecular complexity index is 477. The van der Waals surface area contributed by atoms with Gasteiger partial charge in [-0.05, 0) is 46.1 Å². The zero-order chi connectivity index (χ0) is 16.2. The monoisotopic (exact) mass is 309 g/mol. The molecule has 1 aromatic rings. The molecule has 1 unspecified atom stereocenters. The SMILES string of the molecule is CCC1(OCc2ccoc2)CCCN(C(=O)OC(C)(C)C)C1. The van der Waals surface area contributed by atoms with Crippen LogP contribution in [0, 0.1) is 0 Å². The number of rotatable bonds is 4. The second-order valence-electron chi connectivity index (χ2n) is 6.96. The van der Waals surface area contributed by atoms with E-state index < -0.39 is 5.60 Å². The van der Waals surface area contributed by atoms with Crippen LogP contribution in [0.1, 0.15) is 52.5 Å². The normalized spacial score (nSPS) is 22.6. The molecule has 1 aromatic heterocycles. The molecular formula is C17H27NO4. The van der Waals surface area contributed by atoms with E-state index in [1.54, 1.807) is 17.4 Å². The molecular weight excluding hydrogens is 282 g/mol. The Labute approximate surface area is 132 Å². The van der Waals surface area contributed by atoms with E-state index in [1.807, 2.05) is 26.8 Å². The van der Waals surface area contributed by atoms with Gasteiger partial charge in [0.05, 0.1) is 31.3 Å². The lowest BCUT2D eigenvalue weighted by atomic mass is 9.90. The average molecular weight is 309 g/mol. The van der Waals surface area contributed by atoms with E-state index >= 15 is 0 Å². The maximum atomic E-state index is 12.3. The van der Waals surface area contributed by atoms with Gasteiger partial charge in [-0.2, -0.15) is 0 Å². The van der Waals surface area contributed by atoms with Gasteiger partial charge in [0.15, 0.2) is 0 Å². The number of ether oxygens (including phenoxy) is 2. The Morgan fingerprint density at radius 3 is 2.82 bits per heavy atom. The lowest BCUT2D eigenvalue weighted by Gasteiger charge is -2.42. The fraction of sp³-hybridized carbons (Fsp3) is 0.706. The van der Waals surface area contributed by atoms with Gasteiger partial charge in [-0.15, -0.1) is 0 Å². The Kier molecular flexibility index (Phi) is 5.16. The Morgan fingerprint density at radius 1 is 1.45 bits per heavy atom. The molecule has 5 nitrogen and oxygen atoms in total. The minimum atomic E-state index is -0.471. The van der Waals surface area contributed by atoms with Gasteiger partial charge in [-0.3, -0.25) is 0 Å². The van der Waals surface area contributed by atoms with Crippen molar-refractivity contribution in [1.29, 1.82) is 0 Å². The molecule has 0 spiro atoms. The number of carbonyl (C=O) groups excluding carboxylic acids is 1. The second-order valence-corrected chi connectivity index (χ2v) is 6.96. The molecule has 1 aliphatic rings. The molecule has 1 fully saturated rings. The highest BCUT2D eigenvalue weighted by Crippen LogP contribution is 2.30. The first kappa shape index (κ1) is 16.9. The fourth-order valence-corrected chi connectivity index (χ4v) is 2.70. The van der Waals surface area contributed by atoms with E-state index in [2.05, 4.69) is 6.92 Å². The van der Waals surface area contributed by atoms with E-state index in [-0.39, 0.29) is 11.7 Å². The third-order valence-electron chi connectivity index (χ3n) is 3.96. The summed E-state index contributed by atoms with van der Waals surface area (Å²) in [6, 6.07) is 1.90. The highest BCUT2D eigenvalue weighted by Gasteiger charge is 2.38. The fourth-order valence-electron chi connectivity index (χ4n) is 2.70. The predicted molar refractivity (Wildman–Crippen MR) is 83.6 cm³/mol. The number of hydrogen-bond acceptors (Lipinski definition) is 4. The van der Waals surface area contributed by atoms with E-state index in [0.29, 0.717) is 13.2 Å². The van der Waals surface area contributed by atoms with Crippen molar-refractivity contribution in [3.05, 3.63) is 24.2 Å². The van der Waals surface area contributed by atoms with Crippen LogP contribution in [0.2, 0.25) is 0 Å². The number of likely N-dealkylation sites (tertiary alicyclic amines) is 1. The molecule has 0 aliphatic carbocycles. The summed E-state index contributed by atoms with van der Waals surface area (Å²) in [4.78, 5) is 14.1. The van der Waals surface area contributed by atoms with E-state index in [0.717, 1.165) is 31.4 Å².